The average molecular weight is 587 g/mol. The molecule has 3 aromatic heterocycles. The topological polar surface area (TPSA) is 138 Å². The average Bonchev–Trinajstić information content (AvgIpc) is 3.45. The fraction of sp³-hybridized carbons (Fsp3) is 0.222. The van der Waals surface area contributed by atoms with E-state index in [-0.39, 0.29) is 17.3 Å². The molecule has 0 bridgehead atoms. The molecule has 0 amide bonds. The number of fused-ring (bicyclic) bond motifs is 1. The van der Waals surface area contributed by atoms with E-state index in [1.54, 1.807) is 38.7 Å². The van der Waals surface area contributed by atoms with Crippen molar-refractivity contribution in [3.63, 3.8) is 0 Å². The van der Waals surface area contributed by atoms with Crippen LogP contribution in [0.1, 0.15) is 30.0 Å². The second-order valence-electron chi connectivity index (χ2n) is 9.38. The minimum absolute atomic E-state index is 0.0595. The summed E-state index contributed by atoms with van der Waals surface area (Å²) in [5.74, 6) is -3.41. The number of nitrogens with zero attached hydrogens (tertiary/aromatic N) is 4. The van der Waals surface area contributed by atoms with Crippen LogP contribution in [-0.4, -0.2) is 34.1 Å². The number of nitrogens with two attached hydrogens (primary N) is 1. The van der Waals surface area contributed by atoms with Gasteiger partial charge in [0, 0.05) is 24.4 Å². The van der Waals surface area contributed by atoms with Crippen molar-refractivity contribution in [3.8, 4) is 28.1 Å². The highest BCUT2D eigenvalue weighted by Gasteiger charge is 2.27. The molecule has 0 saturated heterocycles. The number of ether oxygens (including phenoxy) is 1. The molecule has 1 atom stereocenters. The zero-order valence-electron chi connectivity index (χ0n) is 22.3. The van der Waals surface area contributed by atoms with Crippen LogP contribution in [0.2, 0.25) is 0 Å². The highest BCUT2D eigenvalue weighted by Crippen LogP contribution is 2.41. The smallest absolute Gasteiger partial charge is 0.355 e. The van der Waals surface area contributed by atoms with Crippen LogP contribution >= 0.6 is 0 Å². The van der Waals surface area contributed by atoms with Gasteiger partial charge in [0.25, 0.3) is 10.0 Å². The van der Waals surface area contributed by atoms with Gasteiger partial charge >= 0.3 is 5.76 Å². The molecular formula is C27H25F3N6O4S. The van der Waals surface area contributed by atoms with Gasteiger partial charge in [0.2, 0.25) is 0 Å². The second kappa shape index (κ2) is 10.4. The number of benzene rings is 2. The maximum absolute atomic E-state index is 13.4. The summed E-state index contributed by atoms with van der Waals surface area (Å²) in [6, 6.07) is 9.76. The number of sulfonamides is 1. The summed E-state index contributed by atoms with van der Waals surface area (Å²) in [5, 5.41) is 9.19. The summed E-state index contributed by atoms with van der Waals surface area (Å²) >= 11 is 0. The molecule has 0 aliphatic rings. The summed E-state index contributed by atoms with van der Waals surface area (Å²) < 4.78 is 78.8. The Morgan fingerprint density at radius 2 is 1.83 bits per heavy atom. The molecule has 0 unspecified atom stereocenters. The molecule has 0 spiro atoms. The number of halogens is 3. The number of hydrogen-bond donors (Lipinski definition) is 2. The van der Waals surface area contributed by atoms with E-state index < -0.39 is 27.7 Å². The van der Waals surface area contributed by atoms with Gasteiger partial charge in [-0.1, -0.05) is 23.4 Å². The van der Waals surface area contributed by atoms with Crippen molar-refractivity contribution in [2.24, 2.45) is 7.05 Å². The molecule has 0 saturated carbocycles. The molecule has 3 heterocycles. The monoisotopic (exact) mass is 586 g/mol. The molecule has 5 rings (SSSR count). The predicted molar refractivity (Wildman–Crippen MR) is 147 cm³/mol. The Bertz CT molecular complexity index is 1850. The number of rotatable bonds is 8. The summed E-state index contributed by atoms with van der Waals surface area (Å²) in [4.78, 5) is 4.37. The Morgan fingerprint density at radius 1 is 1.12 bits per heavy atom. The summed E-state index contributed by atoms with van der Waals surface area (Å²) in [7, 11) is -3.28. The van der Waals surface area contributed by atoms with Gasteiger partial charge in [-0.3, -0.25) is 9.40 Å². The minimum atomic E-state index is -5.01. The molecule has 0 fully saturated rings. The van der Waals surface area contributed by atoms with Gasteiger partial charge in [0.05, 0.1) is 27.8 Å². The van der Waals surface area contributed by atoms with E-state index in [1.807, 2.05) is 4.72 Å². The fourth-order valence-electron chi connectivity index (χ4n) is 4.63. The van der Waals surface area contributed by atoms with E-state index in [2.05, 4.69) is 15.2 Å². The SMILES string of the molecule is Cc1noc(C)c1-c1cnc(N)c2c(-c3ccc(NS(=O)(=O)C(F)F)c(O[C@@H](C)c4ccc(F)cc4)c3)nn(C)c12. The molecular weight excluding hydrogens is 561 g/mol. The van der Waals surface area contributed by atoms with Crippen molar-refractivity contribution in [1.82, 2.24) is 19.9 Å². The second-order valence-corrected chi connectivity index (χ2v) is 11.0. The third-order valence-electron chi connectivity index (χ3n) is 6.58. The zero-order valence-corrected chi connectivity index (χ0v) is 23.1. The summed E-state index contributed by atoms with van der Waals surface area (Å²) in [5.41, 5.74) is 10.2. The number of aryl methyl sites for hydroxylation is 3. The highest BCUT2D eigenvalue weighted by atomic mass is 32.2. The number of alkyl halides is 2. The maximum atomic E-state index is 13.4. The van der Waals surface area contributed by atoms with Crippen molar-refractivity contribution in [2.75, 3.05) is 10.5 Å². The molecule has 0 radical (unpaired) electrons. The van der Waals surface area contributed by atoms with Gasteiger partial charge in [-0.05, 0) is 50.6 Å². The van der Waals surface area contributed by atoms with Crippen molar-refractivity contribution >= 4 is 32.4 Å². The van der Waals surface area contributed by atoms with Gasteiger partial charge in [-0.15, -0.1) is 0 Å². The van der Waals surface area contributed by atoms with Crippen LogP contribution in [0.5, 0.6) is 5.75 Å². The lowest BCUT2D eigenvalue weighted by atomic mass is 10.0. The largest absolute Gasteiger partial charge is 0.484 e. The first-order chi connectivity index (χ1) is 19.4. The lowest BCUT2D eigenvalue weighted by Crippen LogP contribution is -2.21. The molecule has 10 nitrogen and oxygen atoms in total. The number of aromatic nitrogens is 4. The molecule has 2 aromatic carbocycles. The maximum Gasteiger partial charge on any atom is 0.355 e. The summed E-state index contributed by atoms with van der Waals surface area (Å²) in [6.07, 6.45) is 0.899. The van der Waals surface area contributed by atoms with E-state index in [1.165, 1.54) is 42.5 Å². The fourth-order valence-corrected chi connectivity index (χ4v) is 5.19. The van der Waals surface area contributed by atoms with Gasteiger partial charge in [0.15, 0.2) is 0 Å². The third-order valence-corrected chi connectivity index (χ3v) is 7.55. The normalized spacial score (nSPS) is 12.7. The van der Waals surface area contributed by atoms with Crippen LogP contribution in [-0.2, 0) is 17.1 Å². The van der Waals surface area contributed by atoms with Gasteiger partial charge < -0.3 is 15.0 Å². The molecule has 0 aliphatic heterocycles. The van der Waals surface area contributed by atoms with E-state index in [4.69, 9.17) is 15.0 Å². The van der Waals surface area contributed by atoms with Crippen molar-refractivity contribution in [2.45, 2.75) is 32.6 Å². The first-order valence-corrected chi connectivity index (χ1v) is 13.8. The summed E-state index contributed by atoms with van der Waals surface area (Å²) in [6.45, 7) is 5.23. The van der Waals surface area contributed by atoms with E-state index in [0.29, 0.717) is 44.7 Å². The van der Waals surface area contributed by atoms with Crippen LogP contribution in [0.15, 0.2) is 53.2 Å². The third kappa shape index (κ3) is 5.17. The number of nitrogens with one attached hydrogen (secondary N) is 1. The Kier molecular flexibility index (Phi) is 7.11. The van der Waals surface area contributed by atoms with Crippen molar-refractivity contribution in [3.05, 3.63) is 71.5 Å². The quantitative estimate of drug-likeness (QED) is 0.235. The standard InChI is InChI=1S/C27H25F3N6O4S/c1-13-22(15(3)40-34-13)19-12-32-26(31)23-24(33-36(4)25(19)23)17-7-10-20(35-41(37,38)27(29)30)21(11-17)39-14(2)16-5-8-18(28)9-6-16/h5-12,14,27,35H,1-4H3,(H2,31,32)/t14-/m0/s1. The molecule has 14 heteroatoms. The first-order valence-electron chi connectivity index (χ1n) is 12.3. The Hall–Kier alpha value is -4.59. The van der Waals surface area contributed by atoms with Gasteiger partial charge in [-0.25, -0.2) is 17.8 Å². The van der Waals surface area contributed by atoms with Crippen LogP contribution in [0.4, 0.5) is 24.7 Å². The Morgan fingerprint density at radius 3 is 2.46 bits per heavy atom. The van der Waals surface area contributed by atoms with Crippen LogP contribution in [0.3, 0.4) is 0 Å². The number of hydrogen-bond acceptors (Lipinski definition) is 8. The zero-order chi connectivity index (χ0) is 29.6. The van der Waals surface area contributed by atoms with Crippen LogP contribution in [0.25, 0.3) is 33.3 Å². The molecule has 0 aliphatic carbocycles. The van der Waals surface area contributed by atoms with E-state index in [9.17, 15) is 21.6 Å². The lowest BCUT2D eigenvalue weighted by Gasteiger charge is -2.19. The van der Waals surface area contributed by atoms with Crippen LogP contribution < -0.4 is 15.2 Å². The Balaban J connectivity index is 1.66. The van der Waals surface area contributed by atoms with E-state index >= 15 is 0 Å². The molecule has 3 N–H and O–H groups in total. The number of anilines is 2. The Labute approximate surface area is 233 Å². The highest BCUT2D eigenvalue weighted by molar-refractivity contribution is 7.93. The molecule has 214 valence electrons. The predicted octanol–water partition coefficient (Wildman–Crippen LogP) is 5.73. The number of pyridine rings is 1. The minimum Gasteiger partial charge on any atom is -0.484 e. The molecule has 41 heavy (non-hydrogen) atoms. The van der Waals surface area contributed by atoms with Crippen LogP contribution in [0, 0.1) is 19.7 Å². The molecule has 5 aromatic rings. The van der Waals surface area contributed by atoms with E-state index in [0.717, 1.165) is 5.56 Å². The first kappa shape index (κ1) is 28.0. The van der Waals surface area contributed by atoms with Gasteiger partial charge in [-0.2, -0.15) is 13.9 Å². The van der Waals surface area contributed by atoms with Gasteiger partial charge in [0.1, 0.15) is 34.9 Å². The van der Waals surface area contributed by atoms with Crippen molar-refractivity contribution < 1.29 is 30.8 Å². The van der Waals surface area contributed by atoms with Crippen molar-refractivity contribution in [1.29, 1.82) is 0 Å². The lowest BCUT2D eigenvalue weighted by molar-refractivity contribution is 0.228. The number of nitrogen functional groups attached to an aromatic ring is 1.